The van der Waals surface area contributed by atoms with Crippen LogP contribution in [0.15, 0.2) is 41.3 Å². The lowest BCUT2D eigenvalue weighted by atomic mass is 9.81. The molecule has 1 aliphatic carbocycles. The molecule has 1 N–H and O–H groups in total. The minimum atomic E-state index is -4.98. The van der Waals surface area contributed by atoms with Crippen molar-refractivity contribution in [3.05, 3.63) is 53.6 Å². The number of hydrogen-bond donors (Lipinski definition) is 1. The van der Waals surface area contributed by atoms with Gasteiger partial charge in [-0.25, -0.2) is 17.2 Å². The van der Waals surface area contributed by atoms with Gasteiger partial charge in [0.15, 0.2) is 9.84 Å². The van der Waals surface area contributed by atoms with E-state index in [1.807, 2.05) is 0 Å². The molecule has 0 aliphatic heterocycles. The topological polar surface area (TPSA) is 54.4 Å². The Morgan fingerprint density at radius 1 is 1.07 bits per heavy atom. The second-order valence-corrected chi connectivity index (χ2v) is 10.1. The summed E-state index contributed by atoms with van der Waals surface area (Å²) in [6.45, 7) is 1.65. The highest BCUT2D eigenvalue weighted by atomic mass is 32.2. The normalized spacial score (nSPS) is 22.8. The highest BCUT2D eigenvalue weighted by molar-refractivity contribution is 7.91. The van der Waals surface area contributed by atoms with Crippen molar-refractivity contribution in [1.29, 1.82) is 0 Å². The molecular formula is C21H21F5O3S. The first-order valence-corrected chi connectivity index (χ1v) is 11.1. The van der Waals surface area contributed by atoms with Gasteiger partial charge in [-0.2, -0.15) is 13.2 Å². The molecule has 0 spiro atoms. The Kier molecular flexibility index (Phi) is 5.99. The van der Waals surface area contributed by atoms with Crippen molar-refractivity contribution in [3.8, 4) is 11.1 Å². The van der Waals surface area contributed by atoms with Crippen LogP contribution in [-0.4, -0.2) is 24.9 Å². The van der Waals surface area contributed by atoms with E-state index in [2.05, 4.69) is 0 Å². The Hall–Kier alpha value is -2.00. The van der Waals surface area contributed by atoms with Crippen molar-refractivity contribution in [1.82, 2.24) is 0 Å². The maximum absolute atomic E-state index is 14.0. The molecule has 0 aromatic heterocycles. The first-order valence-electron chi connectivity index (χ1n) is 9.40. The Balaban J connectivity index is 1.98. The van der Waals surface area contributed by atoms with E-state index in [4.69, 9.17) is 0 Å². The molecule has 1 fully saturated rings. The number of halogens is 5. The van der Waals surface area contributed by atoms with Gasteiger partial charge < -0.3 is 5.11 Å². The van der Waals surface area contributed by atoms with E-state index in [-0.39, 0.29) is 17.0 Å². The van der Waals surface area contributed by atoms with Crippen LogP contribution in [0.4, 0.5) is 22.0 Å². The maximum Gasteiger partial charge on any atom is 0.417 e. The highest BCUT2D eigenvalue weighted by Gasteiger charge is 2.39. The van der Waals surface area contributed by atoms with E-state index in [9.17, 15) is 35.5 Å². The lowest BCUT2D eigenvalue weighted by Gasteiger charge is -2.33. The largest absolute Gasteiger partial charge is 0.417 e. The molecule has 3 nitrogen and oxygen atoms in total. The Labute approximate surface area is 171 Å². The molecule has 2 aromatic carbocycles. The van der Waals surface area contributed by atoms with Crippen LogP contribution in [0.2, 0.25) is 0 Å². The summed E-state index contributed by atoms with van der Waals surface area (Å²) in [4.78, 5) is -0.862. The average Bonchev–Trinajstić information content (AvgIpc) is 2.62. The Morgan fingerprint density at radius 2 is 1.70 bits per heavy atom. The molecule has 164 valence electrons. The van der Waals surface area contributed by atoms with Gasteiger partial charge in [0.25, 0.3) is 0 Å². The molecular weight excluding hydrogens is 427 g/mol. The van der Waals surface area contributed by atoms with Crippen LogP contribution in [0.5, 0.6) is 0 Å². The van der Waals surface area contributed by atoms with Crippen LogP contribution in [0.3, 0.4) is 0 Å². The van der Waals surface area contributed by atoms with E-state index >= 15 is 0 Å². The van der Waals surface area contributed by atoms with Gasteiger partial charge in [0.1, 0.15) is 11.6 Å². The highest BCUT2D eigenvalue weighted by Crippen LogP contribution is 2.39. The molecule has 30 heavy (non-hydrogen) atoms. The molecule has 1 aliphatic rings. The second-order valence-electron chi connectivity index (χ2n) is 8.05. The van der Waals surface area contributed by atoms with E-state index < -0.39 is 49.5 Å². The number of benzene rings is 2. The van der Waals surface area contributed by atoms with Crippen molar-refractivity contribution in [2.45, 2.75) is 49.3 Å². The van der Waals surface area contributed by atoms with Gasteiger partial charge in [-0.1, -0.05) is 6.07 Å². The second kappa shape index (κ2) is 7.92. The SMILES string of the molecule is CC1(O)CCC(CS(=O)(=O)c2ccc(-c3ccc(F)cc3F)cc2C(F)(F)F)CC1. The quantitative estimate of drug-likeness (QED) is 0.641. The third kappa shape index (κ3) is 5.00. The Bertz CT molecular complexity index is 1040. The van der Waals surface area contributed by atoms with Crippen LogP contribution >= 0.6 is 0 Å². The van der Waals surface area contributed by atoms with E-state index in [0.717, 1.165) is 24.3 Å². The fraction of sp³-hybridized carbons (Fsp3) is 0.429. The predicted octanol–water partition coefficient (Wildman–Crippen LogP) is 5.37. The van der Waals surface area contributed by atoms with Gasteiger partial charge in [-0.3, -0.25) is 0 Å². The van der Waals surface area contributed by atoms with Crippen LogP contribution in [0.25, 0.3) is 11.1 Å². The van der Waals surface area contributed by atoms with Gasteiger partial charge >= 0.3 is 6.18 Å². The molecule has 0 heterocycles. The molecule has 0 saturated heterocycles. The first-order chi connectivity index (χ1) is 13.8. The van der Waals surface area contributed by atoms with E-state index in [0.29, 0.717) is 37.8 Å². The fourth-order valence-corrected chi connectivity index (χ4v) is 5.70. The third-order valence-electron chi connectivity index (χ3n) is 5.50. The van der Waals surface area contributed by atoms with Crippen LogP contribution in [-0.2, 0) is 16.0 Å². The summed E-state index contributed by atoms with van der Waals surface area (Å²) in [6, 6.07) is 4.95. The zero-order chi connectivity index (χ0) is 22.3. The van der Waals surface area contributed by atoms with Crippen molar-refractivity contribution in [3.63, 3.8) is 0 Å². The minimum Gasteiger partial charge on any atom is -0.390 e. The molecule has 3 rings (SSSR count). The molecule has 1 saturated carbocycles. The average molecular weight is 448 g/mol. The van der Waals surface area contributed by atoms with Gasteiger partial charge in [0.2, 0.25) is 0 Å². The van der Waals surface area contributed by atoms with Crippen molar-refractivity contribution < 1.29 is 35.5 Å². The van der Waals surface area contributed by atoms with E-state index in [1.54, 1.807) is 6.92 Å². The summed E-state index contributed by atoms with van der Waals surface area (Å²) in [6.07, 6.45) is -3.44. The summed E-state index contributed by atoms with van der Waals surface area (Å²) in [5, 5.41) is 9.98. The molecule has 0 unspecified atom stereocenters. The zero-order valence-corrected chi connectivity index (χ0v) is 17.0. The maximum atomic E-state index is 14.0. The lowest BCUT2D eigenvalue weighted by molar-refractivity contribution is -0.139. The molecule has 0 bridgehead atoms. The lowest BCUT2D eigenvalue weighted by Crippen LogP contribution is -2.33. The number of hydrogen-bond acceptors (Lipinski definition) is 3. The number of rotatable bonds is 4. The summed E-state index contributed by atoms with van der Waals surface area (Å²) in [7, 11) is -4.28. The van der Waals surface area contributed by atoms with Crippen LogP contribution < -0.4 is 0 Å². The first kappa shape index (κ1) is 22.7. The van der Waals surface area contributed by atoms with Crippen LogP contribution in [0, 0.1) is 17.6 Å². The molecule has 0 amide bonds. The summed E-state index contributed by atoms with van der Waals surface area (Å²) in [5.74, 6) is -2.74. The minimum absolute atomic E-state index is 0.201. The summed E-state index contributed by atoms with van der Waals surface area (Å²) in [5.41, 5.74) is -2.74. The van der Waals surface area contributed by atoms with Gasteiger partial charge in [-0.05, 0) is 68.4 Å². The third-order valence-corrected chi connectivity index (χ3v) is 7.44. The molecule has 9 heteroatoms. The number of aliphatic hydroxyl groups is 1. The molecule has 0 atom stereocenters. The predicted molar refractivity (Wildman–Crippen MR) is 101 cm³/mol. The van der Waals surface area contributed by atoms with Gasteiger partial charge in [0, 0.05) is 11.6 Å². The number of alkyl halides is 3. The van der Waals surface area contributed by atoms with E-state index in [1.165, 1.54) is 0 Å². The van der Waals surface area contributed by atoms with Gasteiger partial charge in [0.05, 0.1) is 21.8 Å². The van der Waals surface area contributed by atoms with Crippen LogP contribution in [0.1, 0.15) is 38.2 Å². The number of sulfone groups is 1. The van der Waals surface area contributed by atoms with Crippen molar-refractivity contribution in [2.24, 2.45) is 5.92 Å². The fourth-order valence-electron chi connectivity index (χ4n) is 3.78. The molecule has 2 aromatic rings. The summed E-state index contributed by atoms with van der Waals surface area (Å²) >= 11 is 0. The van der Waals surface area contributed by atoms with Crippen molar-refractivity contribution in [2.75, 3.05) is 5.75 Å². The zero-order valence-electron chi connectivity index (χ0n) is 16.1. The van der Waals surface area contributed by atoms with Crippen molar-refractivity contribution >= 4 is 9.84 Å². The smallest absolute Gasteiger partial charge is 0.390 e. The Morgan fingerprint density at radius 3 is 2.27 bits per heavy atom. The van der Waals surface area contributed by atoms with Gasteiger partial charge in [-0.15, -0.1) is 0 Å². The monoisotopic (exact) mass is 448 g/mol. The standard InChI is InChI=1S/C21H21F5O3S/c1-20(27)8-6-13(7-9-20)12-30(28,29)19-5-2-14(10-17(19)21(24,25)26)16-4-3-15(22)11-18(16)23/h2-5,10-11,13,27H,6-9,12H2,1H3. The molecule has 0 radical (unpaired) electrons. The summed E-state index contributed by atoms with van der Waals surface area (Å²) < 4.78 is 93.7.